The zero-order valence-electron chi connectivity index (χ0n) is 15.6. The van der Waals surface area contributed by atoms with Gasteiger partial charge >= 0.3 is 5.97 Å². The number of rotatable bonds is 5. The fourth-order valence-electron chi connectivity index (χ4n) is 4.82. The molecule has 3 nitrogen and oxygen atoms in total. The normalized spacial score (nSPS) is 21.5. The molecule has 1 atom stereocenters. The first kappa shape index (κ1) is 17.1. The van der Waals surface area contributed by atoms with E-state index >= 15 is 0 Å². The maximum absolute atomic E-state index is 12.2. The summed E-state index contributed by atoms with van der Waals surface area (Å²) in [5.74, 6) is 1.35. The number of esters is 1. The van der Waals surface area contributed by atoms with Gasteiger partial charge in [-0.3, -0.25) is 0 Å². The molecule has 3 heteroatoms. The summed E-state index contributed by atoms with van der Waals surface area (Å²) in [6.07, 6.45) is 1.02. The Hall–Kier alpha value is -3.07. The monoisotopic (exact) mass is 370 g/mol. The lowest BCUT2D eigenvalue weighted by atomic mass is 9.59. The lowest BCUT2D eigenvalue weighted by molar-refractivity contribution is -0.147. The van der Waals surface area contributed by atoms with Crippen LogP contribution < -0.4 is 4.74 Å². The van der Waals surface area contributed by atoms with E-state index in [4.69, 9.17) is 9.47 Å². The smallest absolute Gasteiger partial charge is 0.344 e. The van der Waals surface area contributed by atoms with Gasteiger partial charge in [-0.1, -0.05) is 66.7 Å². The first-order valence-corrected chi connectivity index (χ1v) is 9.82. The first-order chi connectivity index (χ1) is 13.8. The van der Waals surface area contributed by atoms with E-state index in [0.717, 1.165) is 6.42 Å². The summed E-state index contributed by atoms with van der Waals surface area (Å²) >= 11 is 0. The van der Waals surface area contributed by atoms with E-state index in [1.54, 1.807) is 0 Å². The van der Waals surface area contributed by atoms with E-state index in [2.05, 4.69) is 48.5 Å². The molecule has 0 saturated heterocycles. The van der Waals surface area contributed by atoms with Crippen molar-refractivity contribution in [2.24, 2.45) is 5.92 Å². The molecule has 28 heavy (non-hydrogen) atoms. The van der Waals surface area contributed by atoms with Crippen LogP contribution in [-0.4, -0.2) is 19.2 Å². The van der Waals surface area contributed by atoms with Crippen molar-refractivity contribution < 1.29 is 14.3 Å². The maximum Gasteiger partial charge on any atom is 0.344 e. The van der Waals surface area contributed by atoms with Gasteiger partial charge in [0.1, 0.15) is 5.75 Å². The summed E-state index contributed by atoms with van der Waals surface area (Å²) in [4.78, 5) is 12.2. The molecule has 0 fully saturated rings. The highest BCUT2D eigenvalue weighted by molar-refractivity contribution is 5.71. The second-order valence-electron chi connectivity index (χ2n) is 7.57. The molecule has 3 aromatic carbocycles. The second kappa shape index (κ2) is 7.16. The molecule has 0 heterocycles. The Kier molecular flexibility index (Phi) is 4.36. The third kappa shape index (κ3) is 2.97. The molecule has 0 amide bonds. The predicted molar refractivity (Wildman–Crippen MR) is 108 cm³/mol. The SMILES string of the molecule is O=C(COc1ccccc1)OCC1CC2c3ccccc3C1c1ccccc12. The van der Waals surface area contributed by atoms with Crippen LogP contribution >= 0.6 is 0 Å². The summed E-state index contributed by atoms with van der Waals surface area (Å²) < 4.78 is 11.1. The third-order valence-corrected chi connectivity index (χ3v) is 5.98. The molecular formula is C25H22O3. The number of benzene rings is 3. The molecule has 140 valence electrons. The molecule has 3 aromatic rings. The molecule has 0 saturated carbocycles. The summed E-state index contributed by atoms with van der Waals surface area (Å²) in [6.45, 7) is 0.374. The van der Waals surface area contributed by atoms with E-state index in [-0.39, 0.29) is 12.6 Å². The lowest BCUT2D eigenvalue weighted by Crippen LogP contribution is -2.35. The lowest BCUT2D eigenvalue weighted by Gasteiger charge is -2.45. The van der Waals surface area contributed by atoms with Gasteiger partial charge in [-0.05, 0) is 40.8 Å². The van der Waals surface area contributed by atoms with Gasteiger partial charge < -0.3 is 9.47 Å². The molecule has 3 aliphatic rings. The molecular weight excluding hydrogens is 348 g/mol. The average Bonchev–Trinajstić information content (AvgIpc) is 2.77. The second-order valence-corrected chi connectivity index (χ2v) is 7.57. The summed E-state index contributed by atoms with van der Waals surface area (Å²) in [5, 5.41) is 0. The van der Waals surface area contributed by atoms with Gasteiger partial charge in [0.15, 0.2) is 6.61 Å². The maximum atomic E-state index is 12.2. The van der Waals surface area contributed by atoms with Crippen molar-refractivity contribution in [2.45, 2.75) is 18.3 Å². The Morgan fingerprint density at radius 1 is 0.786 bits per heavy atom. The van der Waals surface area contributed by atoms with Crippen LogP contribution in [0.4, 0.5) is 0 Å². The largest absolute Gasteiger partial charge is 0.482 e. The average molecular weight is 370 g/mol. The zero-order chi connectivity index (χ0) is 18.9. The van der Waals surface area contributed by atoms with Gasteiger partial charge in [-0.15, -0.1) is 0 Å². The molecule has 0 spiro atoms. The van der Waals surface area contributed by atoms with Crippen molar-refractivity contribution in [3.63, 3.8) is 0 Å². The van der Waals surface area contributed by atoms with Crippen LogP contribution in [-0.2, 0) is 9.53 Å². The van der Waals surface area contributed by atoms with E-state index in [1.165, 1.54) is 22.3 Å². The van der Waals surface area contributed by atoms with Crippen LogP contribution in [0.3, 0.4) is 0 Å². The number of carbonyl (C=O) groups is 1. The van der Waals surface area contributed by atoms with Gasteiger partial charge in [-0.25, -0.2) is 4.79 Å². The molecule has 3 aliphatic carbocycles. The topological polar surface area (TPSA) is 35.5 Å². The zero-order valence-corrected chi connectivity index (χ0v) is 15.6. The van der Waals surface area contributed by atoms with Crippen LogP contribution in [0.25, 0.3) is 0 Å². The van der Waals surface area contributed by atoms with E-state index in [1.807, 2.05) is 30.3 Å². The Bertz CT molecular complexity index is 948. The Morgan fingerprint density at radius 3 is 2.00 bits per heavy atom. The minimum Gasteiger partial charge on any atom is -0.482 e. The molecule has 1 unspecified atom stereocenters. The highest BCUT2D eigenvalue weighted by Gasteiger charge is 2.43. The van der Waals surface area contributed by atoms with Crippen molar-refractivity contribution in [1.29, 1.82) is 0 Å². The fourth-order valence-corrected chi connectivity index (χ4v) is 4.82. The van der Waals surface area contributed by atoms with Crippen LogP contribution in [0.15, 0.2) is 78.9 Å². The van der Waals surface area contributed by atoms with E-state index < -0.39 is 0 Å². The van der Waals surface area contributed by atoms with Crippen molar-refractivity contribution >= 4 is 5.97 Å². The molecule has 6 rings (SSSR count). The molecule has 0 N–H and O–H groups in total. The Morgan fingerprint density at radius 2 is 1.36 bits per heavy atom. The van der Waals surface area contributed by atoms with Gasteiger partial charge in [0.25, 0.3) is 0 Å². The van der Waals surface area contributed by atoms with Gasteiger partial charge in [0, 0.05) is 17.8 Å². The Balaban J connectivity index is 1.30. The highest BCUT2D eigenvalue weighted by Crippen LogP contribution is 2.55. The quantitative estimate of drug-likeness (QED) is 0.599. The number of hydrogen-bond acceptors (Lipinski definition) is 3. The molecule has 2 bridgehead atoms. The third-order valence-electron chi connectivity index (χ3n) is 5.98. The minimum atomic E-state index is -0.313. The van der Waals surface area contributed by atoms with E-state index in [0.29, 0.717) is 30.1 Å². The predicted octanol–water partition coefficient (Wildman–Crippen LogP) is 4.91. The van der Waals surface area contributed by atoms with Crippen molar-refractivity contribution in [2.75, 3.05) is 13.2 Å². The van der Waals surface area contributed by atoms with Crippen molar-refractivity contribution in [3.05, 3.63) is 101 Å². The summed E-state index contributed by atoms with van der Waals surface area (Å²) in [7, 11) is 0. The van der Waals surface area contributed by atoms with Crippen LogP contribution in [0, 0.1) is 5.92 Å². The van der Waals surface area contributed by atoms with Crippen LogP contribution in [0.5, 0.6) is 5.75 Å². The van der Waals surface area contributed by atoms with Gasteiger partial charge in [0.2, 0.25) is 0 Å². The number of para-hydroxylation sites is 1. The highest BCUT2D eigenvalue weighted by atomic mass is 16.6. The minimum absolute atomic E-state index is 0.0575. The van der Waals surface area contributed by atoms with Crippen LogP contribution in [0.2, 0.25) is 0 Å². The first-order valence-electron chi connectivity index (χ1n) is 9.82. The van der Waals surface area contributed by atoms with Crippen LogP contribution in [0.1, 0.15) is 40.5 Å². The summed E-state index contributed by atoms with van der Waals surface area (Å²) in [6, 6.07) is 26.8. The Labute approximate surface area is 164 Å². The molecule has 0 aliphatic heterocycles. The van der Waals surface area contributed by atoms with E-state index in [9.17, 15) is 4.79 Å². The van der Waals surface area contributed by atoms with Crippen molar-refractivity contribution in [1.82, 2.24) is 0 Å². The van der Waals surface area contributed by atoms with Crippen molar-refractivity contribution in [3.8, 4) is 5.75 Å². The number of ether oxygens (including phenoxy) is 2. The number of carbonyl (C=O) groups excluding carboxylic acids is 1. The number of fused-ring (bicyclic) bond motifs is 1. The standard InChI is InChI=1S/C25H22O3/c26-24(16-27-18-8-2-1-3-9-18)28-15-17-14-23-19-10-4-6-12-21(19)25(17)22-13-7-5-11-20(22)23/h1-13,17,23,25H,14-16H2. The number of hydrogen-bond donors (Lipinski definition) is 0. The molecule has 0 radical (unpaired) electrons. The fraction of sp³-hybridized carbons (Fsp3) is 0.240. The van der Waals surface area contributed by atoms with Gasteiger partial charge in [-0.2, -0.15) is 0 Å². The summed E-state index contributed by atoms with van der Waals surface area (Å²) in [5.41, 5.74) is 5.64. The molecule has 0 aromatic heterocycles. The van der Waals surface area contributed by atoms with Gasteiger partial charge in [0.05, 0.1) is 6.61 Å².